The minimum Gasteiger partial charge on any atom is -0.491 e. The van der Waals surface area contributed by atoms with Gasteiger partial charge in [-0.05, 0) is 37.0 Å². The number of hydrogen-bond donors (Lipinski definition) is 0. The highest BCUT2D eigenvalue weighted by atomic mass is 16.6. The second kappa shape index (κ2) is 23.1. The first-order chi connectivity index (χ1) is 16.8. The number of aryl methyl sites for hydroxylation is 1. The first-order valence-corrected chi connectivity index (χ1v) is 13.4. The van der Waals surface area contributed by atoms with E-state index in [4.69, 9.17) is 23.7 Å². The number of carbonyl (C=O) groups excluding carboxylic acids is 1. The van der Waals surface area contributed by atoms with Gasteiger partial charge in [0, 0.05) is 6.42 Å². The van der Waals surface area contributed by atoms with Gasteiger partial charge in [0.25, 0.3) is 0 Å². The Bertz CT molecular complexity index is 575. The molecule has 0 saturated heterocycles. The molecule has 6 heteroatoms. The Balaban J connectivity index is 1.85. The van der Waals surface area contributed by atoms with Crippen molar-refractivity contribution >= 4 is 5.97 Å². The van der Waals surface area contributed by atoms with Gasteiger partial charge in [0.1, 0.15) is 19.0 Å². The van der Waals surface area contributed by atoms with Gasteiger partial charge in [-0.1, -0.05) is 70.9 Å². The van der Waals surface area contributed by atoms with Crippen LogP contribution in [0.2, 0.25) is 0 Å². The van der Waals surface area contributed by atoms with Crippen molar-refractivity contribution in [3.63, 3.8) is 0 Å². The number of carbonyl (C=O) groups is 1. The summed E-state index contributed by atoms with van der Waals surface area (Å²) in [7, 11) is 0. The lowest BCUT2D eigenvalue weighted by molar-refractivity contribution is -0.145. The molecule has 0 radical (unpaired) electrons. The summed E-state index contributed by atoms with van der Waals surface area (Å²) in [6, 6.07) is 8.41. The van der Waals surface area contributed by atoms with Crippen molar-refractivity contribution in [2.45, 2.75) is 84.5 Å². The van der Waals surface area contributed by atoms with Gasteiger partial charge in [-0.15, -0.1) is 0 Å². The molecule has 6 nitrogen and oxygen atoms in total. The zero-order valence-electron chi connectivity index (χ0n) is 21.7. The van der Waals surface area contributed by atoms with Gasteiger partial charge in [0.2, 0.25) is 0 Å². The lowest BCUT2D eigenvalue weighted by Gasteiger charge is -2.09. The number of unbranched alkanes of at least 4 members (excludes halogenated alkanes) is 7. The first-order valence-electron chi connectivity index (χ1n) is 13.4. The van der Waals surface area contributed by atoms with Crippen LogP contribution < -0.4 is 4.74 Å². The molecule has 1 aromatic rings. The molecule has 1 aromatic carbocycles. The smallest absolute Gasteiger partial charge is 0.305 e. The number of benzene rings is 1. The van der Waals surface area contributed by atoms with Crippen LogP contribution in [0.4, 0.5) is 0 Å². The molecule has 0 unspecified atom stereocenters. The van der Waals surface area contributed by atoms with E-state index in [1.54, 1.807) is 0 Å². The predicted octanol–water partition coefficient (Wildman–Crippen LogP) is 6.14. The van der Waals surface area contributed by atoms with E-state index in [0.29, 0.717) is 59.3 Å². The van der Waals surface area contributed by atoms with Crippen molar-refractivity contribution in [1.29, 1.82) is 0 Å². The molecule has 0 heterocycles. The van der Waals surface area contributed by atoms with E-state index in [9.17, 15) is 4.79 Å². The maximum Gasteiger partial charge on any atom is 0.305 e. The van der Waals surface area contributed by atoms with Gasteiger partial charge < -0.3 is 23.7 Å². The van der Waals surface area contributed by atoms with Crippen LogP contribution in [-0.2, 0) is 30.2 Å². The summed E-state index contributed by atoms with van der Waals surface area (Å²) in [6.07, 6.45) is 12.7. The molecule has 0 aliphatic rings. The van der Waals surface area contributed by atoms with Crippen LogP contribution >= 0.6 is 0 Å². The van der Waals surface area contributed by atoms with Crippen LogP contribution in [0.25, 0.3) is 0 Å². The van der Waals surface area contributed by atoms with Crippen LogP contribution in [0.5, 0.6) is 5.75 Å². The highest BCUT2D eigenvalue weighted by Crippen LogP contribution is 2.15. The normalized spacial score (nSPS) is 11.0. The van der Waals surface area contributed by atoms with Crippen molar-refractivity contribution in [1.82, 2.24) is 0 Å². The fraction of sp³-hybridized carbons (Fsp3) is 0.750. The summed E-state index contributed by atoms with van der Waals surface area (Å²) in [4.78, 5) is 11.4. The van der Waals surface area contributed by atoms with E-state index in [1.807, 2.05) is 12.1 Å². The van der Waals surface area contributed by atoms with Crippen molar-refractivity contribution in [2.24, 2.45) is 0 Å². The maximum absolute atomic E-state index is 11.4. The summed E-state index contributed by atoms with van der Waals surface area (Å²) < 4.78 is 27.2. The monoisotopic (exact) mass is 480 g/mol. The number of hydrogen-bond acceptors (Lipinski definition) is 6. The third-order valence-corrected chi connectivity index (χ3v) is 5.46. The Hall–Kier alpha value is -1.63. The summed E-state index contributed by atoms with van der Waals surface area (Å²) in [5, 5.41) is 0. The molecule has 34 heavy (non-hydrogen) atoms. The minimum absolute atomic E-state index is 0.144. The molecule has 0 aliphatic carbocycles. The fourth-order valence-electron chi connectivity index (χ4n) is 3.43. The molecule has 196 valence electrons. The van der Waals surface area contributed by atoms with E-state index >= 15 is 0 Å². The lowest BCUT2D eigenvalue weighted by atomic mass is 10.0. The van der Waals surface area contributed by atoms with E-state index in [-0.39, 0.29) is 5.97 Å². The van der Waals surface area contributed by atoms with Crippen LogP contribution in [0.3, 0.4) is 0 Å². The molecule has 0 spiro atoms. The highest BCUT2D eigenvalue weighted by Gasteiger charge is 2.02. The van der Waals surface area contributed by atoms with Crippen LogP contribution in [0.15, 0.2) is 24.3 Å². The average Bonchev–Trinajstić information content (AvgIpc) is 2.85. The maximum atomic E-state index is 11.4. The fourth-order valence-corrected chi connectivity index (χ4v) is 3.43. The standard InChI is InChI=1S/C28H48O6/c1-3-5-7-8-9-11-12-26-14-16-27(17-15-26)33-24-22-31-20-18-30-19-21-32-23-25-34-28(29)13-10-6-4-2/h14-17H,3-13,18-25H2,1-2H3. The van der Waals surface area contributed by atoms with Crippen molar-refractivity contribution in [2.75, 3.05) is 52.9 Å². The number of rotatable bonds is 24. The third-order valence-electron chi connectivity index (χ3n) is 5.46. The Morgan fingerprint density at radius 3 is 1.79 bits per heavy atom. The van der Waals surface area contributed by atoms with Crippen molar-refractivity contribution in [3.8, 4) is 5.75 Å². The van der Waals surface area contributed by atoms with Gasteiger partial charge in [-0.3, -0.25) is 4.79 Å². The molecule has 0 fully saturated rings. The zero-order valence-corrected chi connectivity index (χ0v) is 21.7. The predicted molar refractivity (Wildman–Crippen MR) is 137 cm³/mol. The summed E-state index contributed by atoms with van der Waals surface area (Å²) in [6.45, 7) is 8.13. The second-order valence-corrected chi connectivity index (χ2v) is 8.52. The van der Waals surface area contributed by atoms with E-state index in [2.05, 4.69) is 26.0 Å². The molecule has 0 amide bonds. The van der Waals surface area contributed by atoms with Gasteiger partial charge in [-0.2, -0.15) is 0 Å². The van der Waals surface area contributed by atoms with E-state index in [0.717, 1.165) is 31.4 Å². The Morgan fingerprint density at radius 1 is 0.618 bits per heavy atom. The molecule has 0 aliphatic heterocycles. The van der Waals surface area contributed by atoms with Gasteiger partial charge >= 0.3 is 5.97 Å². The number of esters is 1. The largest absolute Gasteiger partial charge is 0.491 e. The minimum atomic E-state index is -0.144. The van der Waals surface area contributed by atoms with Crippen LogP contribution in [0.1, 0.15) is 83.6 Å². The quantitative estimate of drug-likeness (QED) is 0.131. The Labute approximate surface area is 207 Å². The van der Waals surface area contributed by atoms with E-state index < -0.39 is 0 Å². The summed E-state index contributed by atoms with van der Waals surface area (Å²) >= 11 is 0. The van der Waals surface area contributed by atoms with Gasteiger partial charge in [0.15, 0.2) is 0 Å². The van der Waals surface area contributed by atoms with Crippen molar-refractivity contribution in [3.05, 3.63) is 29.8 Å². The van der Waals surface area contributed by atoms with Crippen LogP contribution in [0, 0.1) is 0 Å². The van der Waals surface area contributed by atoms with Crippen molar-refractivity contribution < 1.29 is 28.5 Å². The second-order valence-electron chi connectivity index (χ2n) is 8.52. The SMILES string of the molecule is CCCCCCCCc1ccc(OCCOCCOCCOCCOC(=O)CCCCC)cc1. The van der Waals surface area contributed by atoms with Crippen LogP contribution in [-0.4, -0.2) is 58.8 Å². The lowest BCUT2D eigenvalue weighted by Crippen LogP contribution is -2.14. The highest BCUT2D eigenvalue weighted by molar-refractivity contribution is 5.69. The third kappa shape index (κ3) is 18.8. The Morgan fingerprint density at radius 2 is 1.15 bits per heavy atom. The zero-order chi connectivity index (χ0) is 24.5. The molecule has 0 saturated carbocycles. The summed E-state index contributed by atoms with van der Waals surface area (Å²) in [5.41, 5.74) is 1.38. The average molecular weight is 481 g/mol. The molecule has 1 rings (SSSR count). The summed E-state index contributed by atoms with van der Waals surface area (Å²) in [5.74, 6) is 0.741. The molecule has 0 aromatic heterocycles. The molecular formula is C28H48O6. The molecule has 0 bridgehead atoms. The van der Waals surface area contributed by atoms with Gasteiger partial charge in [0.05, 0.1) is 39.6 Å². The topological polar surface area (TPSA) is 63.2 Å². The molecular weight excluding hydrogens is 432 g/mol. The molecule has 0 atom stereocenters. The Kier molecular flexibility index (Phi) is 20.7. The first kappa shape index (κ1) is 30.4. The molecule has 0 N–H and O–H groups in total. The number of ether oxygens (including phenoxy) is 5. The van der Waals surface area contributed by atoms with Gasteiger partial charge in [-0.25, -0.2) is 0 Å². The van der Waals surface area contributed by atoms with E-state index in [1.165, 1.54) is 44.1 Å².